The second-order valence-electron chi connectivity index (χ2n) is 5.61. The van der Waals surface area contributed by atoms with Crippen molar-refractivity contribution in [2.75, 3.05) is 18.0 Å². The molecule has 0 bridgehead atoms. The molecule has 4 heteroatoms. The van der Waals surface area contributed by atoms with Crippen LogP contribution in [0.2, 0.25) is 0 Å². The van der Waals surface area contributed by atoms with Crippen molar-refractivity contribution in [2.24, 2.45) is 0 Å². The third-order valence-corrected chi connectivity index (χ3v) is 4.22. The number of aromatic nitrogens is 2. The van der Waals surface area contributed by atoms with E-state index in [0.29, 0.717) is 6.04 Å². The molecule has 1 aromatic carbocycles. The lowest BCUT2D eigenvalue weighted by Crippen LogP contribution is -2.61. The molecule has 98 valence electrons. The molecule has 1 saturated heterocycles. The summed E-state index contributed by atoms with van der Waals surface area (Å²) in [6.07, 6.45) is 5.99. The molecule has 1 saturated carbocycles. The van der Waals surface area contributed by atoms with E-state index < -0.39 is 0 Å². The fraction of sp³-hybridized carbons (Fsp3) is 0.467. The van der Waals surface area contributed by atoms with Gasteiger partial charge in [0.1, 0.15) is 5.82 Å². The fourth-order valence-corrected chi connectivity index (χ4v) is 2.78. The van der Waals surface area contributed by atoms with Gasteiger partial charge < -0.3 is 10.2 Å². The van der Waals surface area contributed by atoms with Crippen molar-refractivity contribution in [2.45, 2.75) is 31.3 Å². The molecule has 2 aliphatic rings. The number of fused-ring (bicyclic) bond motifs is 1. The molecule has 2 fully saturated rings. The average molecular weight is 254 g/mol. The Morgan fingerprint density at radius 1 is 1.05 bits per heavy atom. The summed E-state index contributed by atoms with van der Waals surface area (Å²) in [6.45, 7) is 2.12. The maximum Gasteiger partial charge on any atom is 0.147 e. The van der Waals surface area contributed by atoms with Gasteiger partial charge in [-0.15, -0.1) is 0 Å². The van der Waals surface area contributed by atoms with Crippen LogP contribution in [0, 0.1) is 0 Å². The number of rotatable bonds is 3. The first-order valence-electron chi connectivity index (χ1n) is 7.11. The molecule has 2 heterocycles. The van der Waals surface area contributed by atoms with E-state index >= 15 is 0 Å². The van der Waals surface area contributed by atoms with Crippen LogP contribution >= 0.6 is 0 Å². The normalized spacial score (nSPS) is 20.3. The van der Waals surface area contributed by atoms with E-state index in [4.69, 9.17) is 0 Å². The van der Waals surface area contributed by atoms with Gasteiger partial charge in [0, 0.05) is 25.2 Å². The summed E-state index contributed by atoms with van der Waals surface area (Å²) in [6, 6.07) is 9.45. The Bertz CT molecular complexity index is 587. The molecule has 1 aliphatic heterocycles. The van der Waals surface area contributed by atoms with E-state index in [-0.39, 0.29) is 0 Å². The molecule has 1 aliphatic carbocycles. The van der Waals surface area contributed by atoms with Crippen LogP contribution < -0.4 is 10.2 Å². The maximum absolute atomic E-state index is 4.68. The van der Waals surface area contributed by atoms with Gasteiger partial charge >= 0.3 is 0 Å². The molecule has 0 radical (unpaired) electrons. The Kier molecular flexibility index (Phi) is 2.62. The van der Waals surface area contributed by atoms with Crippen molar-refractivity contribution in [3.8, 4) is 0 Å². The van der Waals surface area contributed by atoms with Gasteiger partial charge in [0.05, 0.1) is 17.2 Å². The van der Waals surface area contributed by atoms with Crippen LogP contribution in [0.25, 0.3) is 11.0 Å². The second-order valence-corrected chi connectivity index (χ2v) is 5.61. The molecule has 1 N–H and O–H groups in total. The third-order valence-electron chi connectivity index (χ3n) is 4.22. The van der Waals surface area contributed by atoms with Crippen molar-refractivity contribution in [3.05, 3.63) is 30.5 Å². The van der Waals surface area contributed by atoms with Gasteiger partial charge in [-0.05, 0) is 25.0 Å². The summed E-state index contributed by atoms with van der Waals surface area (Å²) in [5.74, 6) is 1.00. The van der Waals surface area contributed by atoms with Crippen LogP contribution in [0.3, 0.4) is 0 Å². The Morgan fingerprint density at radius 2 is 1.84 bits per heavy atom. The molecule has 0 unspecified atom stereocenters. The van der Waals surface area contributed by atoms with Gasteiger partial charge in [-0.1, -0.05) is 18.6 Å². The molecule has 4 nitrogen and oxygen atoms in total. The number of hydrogen-bond acceptors (Lipinski definition) is 4. The first-order chi connectivity index (χ1) is 9.38. The van der Waals surface area contributed by atoms with Gasteiger partial charge in [-0.2, -0.15) is 0 Å². The smallest absolute Gasteiger partial charge is 0.147 e. The van der Waals surface area contributed by atoms with Crippen LogP contribution in [-0.2, 0) is 0 Å². The zero-order valence-electron chi connectivity index (χ0n) is 10.9. The van der Waals surface area contributed by atoms with Gasteiger partial charge in [0.2, 0.25) is 0 Å². The molecule has 0 atom stereocenters. The molecule has 4 rings (SSSR count). The van der Waals surface area contributed by atoms with E-state index in [9.17, 15) is 0 Å². The molecule has 19 heavy (non-hydrogen) atoms. The molecule has 2 aromatic rings. The minimum Gasteiger partial charge on any atom is -0.352 e. The standard InChI is InChI=1S/C15H18N4/c1-2-7-14-13(6-1)16-8-15(18-14)19-9-12(10-19)17-11-4-3-5-11/h1-2,6-8,11-12,17H,3-5,9-10H2. The minimum atomic E-state index is 0.638. The molecular formula is C15H18N4. The molecule has 0 spiro atoms. The SMILES string of the molecule is c1ccc2nc(N3CC(NC4CCC4)C3)cnc2c1. The number of anilines is 1. The predicted octanol–water partition coefficient (Wildman–Crippen LogP) is 1.96. The molecule has 0 amide bonds. The summed E-state index contributed by atoms with van der Waals surface area (Å²) in [7, 11) is 0. The topological polar surface area (TPSA) is 41.1 Å². The van der Waals surface area contributed by atoms with Crippen LogP contribution in [-0.4, -0.2) is 35.1 Å². The van der Waals surface area contributed by atoms with Crippen LogP contribution in [0.15, 0.2) is 30.5 Å². The summed E-state index contributed by atoms with van der Waals surface area (Å²) in [4.78, 5) is 11.5. The Morgan fingerprint density at radius 3 is 2.58 bits per heavy atom. The second kappa shape index (κ2) is 4.46. The van der Waals surface area contributed by atoms with Crippen LogP contribution in [0.1, 0.15) is 19.3 Å². The Hall–Kier alpha value is -1.68. The largest absolute Gasteiger partial charge is 0.352 e. The number of para-hydroxylation sites is 2. The number of hydrogen-bond donors (Lipinski definition) is 1. The van der Waals surface area contributed by atoms with Crippen LogP contribution in [0.5, 0.6) is 0 Å². The van der Waals surface area contributed by atoms with Gasteiger partial charge in [0.25, 0.3) is 0 Å². The zero-order chi connectivity index (χ0) is 12.7. The van der Waals surface area contributed by atoms with E-state index in [1.54, 1.807) is 0 Å². The highest BCUT2D eigenvalue weighted by molar-refractivity contribution is 5.75. The van der Waals surface area contributed by atoms with Crippen molar-refractivity contribution < 1.29 is 0 Å². The summed E-state index contributed by atoms with van der Waals surface area (Å²) >= 11 is 0. The third kappa shape index (κ3) is 2.06. The van der Waals surface area contributed by atoms with Crippen molar-refractivity contribution in [1.29, 1.82) is 0 Å². The highest BCUT2D eigenvalue weighted by Gasteiger charge is 2.31. The first-order valence-corrected chi connectivity index (χ1v) is 7.11. The van der Waals surface area contributed by atoms with E-state index in [0.717, 1.165) is 36.0 Å². The van der Waals surface area contributed by atoms with Crippen molar-refractivity contribution in [3.63, 3.8) is 0 Å². The van der Waals surface area contributed by atoms with Gasteiger partial charge in [0.15, 0.2) is 0 Å². The van der Waals surface area contributed by atoms with E-state index in [2.05, 4.69) is 20.2 Å². The Labute approximate surface area is 112 Å². The fourth-order valence-electron chi connectivity index (χ4n) is 2.78. The lowest BCUT2D eigenvalue weighted by atomic mass is 9.91. The van der Waals surface area contributed by atoms with Gasteiger partial charge in [-0.25, -0.2) is 4.98 Å². The van der Waals surface area contributed by atoms with Gasteiger partial charge in [-0.3, -0.25) is 4.98 Å². The van der Waals surface area contributed by atoms with Crippen molar-refractivity contribution in [1.82, 2.24) is 15.3 Å². The average Bonchev–Trinajstić information content (AvgIpc) is 2.35. The monoisotopic (exact) mass is 254 g/mol. The first kappa shape index (κ1) is 11.2. The predicted molar refractivity (Wildman–Crippen MR) is 76.3 cm³/mol. The molecular weight excluding hydrogens is 236 g/mol. The lowest BCUT2D eigenvalue weighted by Gasteiger charge is -2.43. The number of benzene rings is 1. The summed E-state index contributed by atoms with van der Waals surface area (Å²) in [5.41, 5.74) is 1.95. The van der Waals surface area contributed by atoms with Crippen molar-refractivity contribution >= 4 is 16.9 Å². The maximum atomic E-state index is 4.68. The zero-order valence-corrected chi connectivity index (χ0v) is 10.9. The van der Waals surface area contributed by atoms with E-state index in [1.165, 1.54) is 19.3 Å². The van der Waals surface area contributed by atoms with Crippen LogP contribution in [0.4, 0.5) is 5.82 Å². The van der Waals surface area contributed by atoms with E-state index in [1.807, 2.05) is 30.5 Å². The summed E-state index contributed by atoms with van der Waals surface area (Å²) in [5, 5.41) is 3.70. The molecule has 1 aromatic heterocycles. The summed E-state index contributed by atoms with van der Waals surface area (Å²) < 4.78 is 0. The highest BCUT2D eigenvalue weighted by Crippen LogP contribution is 2.24. The lowest BCUT2D eigenvalue weighted by molar-refractivity contribution is 0.278. The Balaban J connectivity index is 1.44. The number of nitrogens with one attached hydrogen (secondary N) is 1. The quantitative estimate of drug-likeness (QED) is 0.909. The highest BCUT2D eigenvalue weighted by atomic mass is 15.3. The number of nitrogens with zero attached hydrogens (tertiary/aromatic N) is 3. The minimum absolute atomic E-state index is 0.638.